The Morgan fingerprint density at radius 3 is 2.35 bits per heavy atom. The van der Waals surface area contributed by atoms with Crippen molar-refractivity contribution in [3.63, 3.8) is 0 Å². The standard InChI is InChI=1S/C14H17NO5/c1-9(16)14(10(2)17)13(8-15(18)19)11-5-4-6-12(7-11)20-3/h4-7,13-14H,8H2,1-3H3/t13-/m1/s1. The van der Waals surface area contributed by atoms with E-state index in [9.17, 15) is 19.7 Å². The van der Waals surface area contributed by atoms with Crippen LogP contribution in [0.3, 0.4) is 0 Å². The number of benzene rings is 1. The second kappa shape index (κ2) is 6.79. The summed E-state index contributed by atoms with van der Waals surface area (Å²) >= 11 is 0. The Hall–Kier alpha value is -2.24. The molecule has 108 valence electrons. The molecular formula is C14H17NO5. The van der Waals surface area contributed by atoms with Gasteiger partial charge in [-0.1, -0.05) is 12.1 Å². The fourth-order valence-corrected chi connectivity index (χ4v) is 2.29. The first-order chi connectivity index (χ1) is 9.36. The summed E-state index contributed by atoms with van der Waals surface area (Å²) in [7, 11) is 1.48. The van der Waals surface area contributed by atoms with Gasteiger partial charge in [0.15, 0.2) is 0 Å². The lowest BCUT2D eigenvalue weighted by Crippen LogP contribution is -2.31. The lowest BCUT2D eigenvalue weighted by Gasteiger charge is -2.20. The Balaban J connectivity index is 3.25. The maximum Gasteiger partial charge on any atom is 0.211 e. The molecule has 0 aliphatic rings. The van der Waals surface area contributed by atoms with Crippen molar-refractivity contribution in [2.24, 2.45) is 5.92 Å². The van der Waals surface area contributed by atoms with Gasteiger partial charge in [-0.05, 0) is 31.5 Å². The summed E-state index contributed by atoms with van der Waals surface area (Å²) in [5.41, 5.74) is 0.552. The summed E-state index contributed by atoms with van der Waals surface area (Å²) in [6.45, 7) is 2.08. The molecule has 1 atom stereocenters. The highest BCUT2D eigenvalue weighted by atomic mass is 16.6. The van der Waals surface area contributed by atoms with Gasteiger partial charge in [-0.15, -0.1) is 0 Å². The SMILES string of the molecule is COc1cccc([C@@H](C[N+](=O)[O-])C(C(C)=O)C(C)=O)c1. The molecule has 0 spiro atoms. The first kappa shape index (κ1) is 15.8. The van der Waals surface area contributed by atoms with Crippen molar-refractivity contribution < 1.29 is 19.2 Å². The molecule has 0 bridgehead atoms. The minimum atomic E-state index is -1.01. The Labute approximate surface area is 116 Å². The highest BCUT2D eigenvalue weighted by Gasteiger charge is 2.34. The highest BCUT2D eigenvalue weighted by molar-refractivity contribution is 6.01. The summed E-state index contributed by atoms with van der Waals surface area (Å²) < 4.78 is 5.07. The number of nitro groups is 1. The summed E-state index contributed by atoms with van der Waals surface area (Å²) in [6.07, 6.45) is 0. The van der Waals surface area contributed by atoms with Gasteiger partial charge in [0.05, 0.1) is 18.9 Å². The lowest BCUT2D eigenvalue weighted by atomic mass is 9.81. The molecule has 0 aromatic heterocycles. The third-order valence-electron chi connectivity index (χ3n) is 3.15. The van der Waals surface area contributed by atoms with Gasteiger partial charge in [-0.3, -0.25) is 19.7 Å². The van der Waals surface area contributed by atoms with Gasteiger partial charge in [-0.25, -0.2) is 0 Å². The molecule has 1 aromatic carbocycles. The molecule has 0 saturated carbocycles. The molecule has 1 rings (SSSR count). The van der Waals surface area contributed by atoms with Crippen LogP contribution in [-0.4, -0.2) is 30.1 Å². The van der Waals surface area contributed by atoms with Crippen molar-refractivity contribution in [1.82, 2.24) is 0 Å². The molecule has 0 amide bonds. The Morgan fingerprint density at radius 2 is 1.90 bits per heavy atom. The minimum Gasteiger partial charge on any atom is -0.497 e. The van der Waals surface area contributed by atoms with Crippen molar-refractivity contribution in [2.45, 2.75) is 19.8 Å². The average Bonchev–Trinajstić information content (AvgIpc) is 2.36. The zero-order valence-electron chi connectivity index (χ0n) is 11.7. The minimum absolute atomic E-state index is 0.368. The van der Waals surface area contributed by atoms with Crippen molar-refractivity contribution in [3.05, 3.63) is 39.9 Å². The van der Waals surface area contributed by atoms with Crippen LogP contribution in [0.4, 0.5) is 0 Å². The largest absolute Gasteiger partial charge is 0.497 e. The van der Waals surface area contributed by atoms with Gasteiger partial charge in [0.25, 0.3) is 0 Å². The number of hydrogen-bond donors (Lipinski definition) is 0. The second-order valence-corrected chi connectivity index (χ2v) is 4.60. The number of carbonyl (C=O) groups excluding carboxylic acids is 2. The summed E-state index contributed by atoms with van der Waals surface area (Å²) in [6, 6.07) is 6.66. The topological polar surface area (TPSA) is 86.5 Å². The fraction of sp³-hybridized carbons (Fsp3) is 0.429. The highest BCUT2D eigenvalue weighted by Crippen LogP contribution is 2.29. The number of nitrogens with zero attached hydrogens (tertiary/aromatic N) is 1. The Kier molecular flexibility index (Phi) is 5.37. The molecule has 6 nitrogen and oxygen atoms in total. The molecule has 0 unspecified atom stereocenters. The van der Waals surface area contributed by atoms with E-state index >= 15 is 0 Å². The van der Waals surface area contributed by atoms with E-state index in [1.54, 1.807) is 24.3 Å². The first-order valence-corrected chi connectivity index (χ1v) is 6.13. The van der Waals surface area contributed by atoms with E-state index in [4.69, 9.17) is 4.74 Å². The summed E-state index contributed by atoms with van der Waals surface area (Å²) in [5.74, 6) is -2.00. The fourth-order valence-electron chi connectivity index (χ4n) is 2.29. The zero-order chi connectivity index (χ0) is 15.3. The van der Waals surface area contributed by atoms with Gasteiger partial charge < -0.3 is 4.74 Å². The predicted molar refractivity (Wildman–Crippen MR) is 72.4 cm³/mol. The van der Waals surface area contributed by atoms with E-state index in [0.29, 0.717) is 11.3 Å². The molecule has 0 fully saturated rings. The van der Waals surface area contributed by atoms with Gasteiger partial charge in [0.1, 0.15) is 17.3 Å². The maximum absolute atomic E-state index is 11.7. The maximum atomic E-state index is 11.7. The number of carbonyl (C=O) groups is 2. The Bertz CT molecular complexity index is 512. The quantitative estimate of drug-likeness (QED) is 0.432. The molecule has 0 heterocycles. The third-order valence-corrected chi connectivity index (χ3v) is 3.15. The van der Waals surface area contributed by atoms with Crippen molar-refractivity contribution in [3.8, 4) is 5.75 Å². The average molecular weight is 279 g/mol. The van der Waals surface area contributed by atoms with E-state index in [1.165, 1.54) is 21.0 Å². The van der Waals surface area contributed by atoms with Crippen LogP contribution < -0.4 is 4.74 Å². The normalized spacial score (nSPS) is 12.0. The molecule has 6 heteroatoms. The number of ketones is 2. The zero-order valence-corrected chi connectivity index (χ0v) is 11.7. The van der Waals surface area contributed by atoms with Crippen LogP contribution >= 0.6 is 0 Å². The van der Waals surface area contributed by atoms with E-state index in [1.807, 2.05) is 0 Å². The molecule has 1 aromatic rings. The van der Waals surface area contributed by atoms with E-state index in [-0.39, 0.29) is 11.6 Å². The van der Waals surface area contributed by atoms with Gasteiger partial charge in [-0.2, -0.15) is 0 Å². The van der Waals surface area contributed by atoms with Gasteiger partial charge in [0, 0.05) is 4.92 Å². The molecule has 0 aliphatic heterocycles. The van der Waals surface area contributed by atoms with E-state index in [2.05, 4.69) is 0 Å². The molecule has 0 N–H and O–H groups in total. The van der Waals surface area contributed by atoms with Crippen LogP contribution in [-0.2, 0) is 9.59 Å². The predicted octanol–water partition coefficient (Wildman–Crippen LogP) is 1.85. The van der Waals surface area contributed by atoms with Crippen molar-refractivity contribution in [2.75, 3.05) is 13.7 Å². The van der Waals surface area contributed by atoms with Crippen LogP contribution in [0.15, 0.2) is 24.3 Å². The van der Waals surface area contributed by atoms with E-state index in [0.717, 1.165) is 0 Å². The van der Waals surface area contributed by atoms with Crippen LogP contribution in [0, 0.1) is 16.0 Å². The Morgan fingerprint density at radius 1 is 1.30 bits per heavy atom. The monoisotopic (exact) mass is 279 g/mol. The smallest absolute Gasteiger partial charge is 0.211 e. The van der Waals surface area contributed by atoms with Crippen LogP contribution in [0.5, 0.6) is 5.75 Å². The molecule has 20 heavy (non-hydrogen) atoms. The number of ether oxygens (including phenoxy) is 1. The molecular weight excluding hydrogens is 262 g/mol. The third kappa shape index (κ3) is 3.88. The molecule has 0 radical (unpaired) electrons. The van der Waals surface area contributed by atoms with Gasteiger partial charge in [0.2, 0.25) is 6.54 Å². The number of rotatable bonds is 7. The van der Waals surface area contributed by atoms with Crippen LogP contribution in [0.1, 0.15) is 25.3 Å². The van der Waals surface area contributed by atoms with Crippen LogP contribution in [0.25, 0.3) is 0 Å². The van der Waals surface area contributed by atoms with Gasteiger partial charge >= 0.3 is 0 Å². The number of hydrogen-bond acceptors (Lipinski definition) is 5. The second-order valence-electron chi connectivity index (χ2n) is 4.60. The lowest BCUT2D eigenvalue weighted by molar-refractivity contribution is -0.484. The van der Waals surface area contributed by atoms with Crippen molar-refractivity contribution >= 4 is 11.6 Å². The number of methoxy groups -OCH3 is 1. The summed E-state index contributed by atoms with van der Waals surface area (Å²) in [5, 5.41) is 10.8. The van der Waals surface area contributed by atoms with Crippen LogP contribution in [0.2, 0.25) is 0 Å². The number of Topliss-reactive ketones (excluding diaryl/α,β-unsaturated/α-hetero) is 2. The first-order valence-electron chi connectivity index (χ1n) is 6.13. The molecule has 0 saturated heterocycles. The van der Waals surface area contributed by atoms with E-state index < -0.39 is 23.3 Å². The summed E-state index contributed by atoms with van der Waals surface area (Å²) in [4.78, 5) is 33.7. The van der Waals surface area contributed by atoms with Crippen molar-refractivity contribution in [1.29, 1.82) is 0 Å². The molecule has 0 aliphatic carbocycles.